The first-order valence-corrected chi connectivity index (χ1v) is 39.2. The summed E-state index contributed by atoms with van der Waals surface area (Å²) in [7, 11) is 1.55. The molecule has 8 amide bonds. The highest BCUT2D eigenvalue weighted by atomic mass is 16.8. The fraction of sp³-hybridized carbons (Fsp3) is 0.759. The van der Waals surface area contributed by atoms with Gasteiger partial charge in [0.15, 0.2) is 5.79 Å². The Morgan fingerprint density at radius 2 is 1.58 bits per heavy atom. The molecule has 10 unspecified atom stereocenters. The maximum absolute atomic E-state index is 14.0. The summed E-state index contributed by atoms with van der Waals surface area (Å²) in [4.78, 5) is 121. The van der Waals surface area contributed by atoms with Crippen molar-refractivity contribution in [1.82, 2.24) is 26.3 Å². The molecule has 0 aliphatic carbocycles. The molecule has 29 heteroatoms. The average Bonchev–Trinajstić information content (AvgIpc) is 1.56. The molecule has 0 saturated carbocycles. The van der Waals surface area contributed by atoms with Crippen LogP contribution < -0.4 is 32.3 Å². The molecule has 604 valence electrons. The van der Waals surface area contributed by atoms with Gasteiger partial charge in [-0.15, -0.1) is 5.06 Å². The number of imide groups is 1. The molecule has 108 heavy (non-hydrogen) atoms. The van der Waals surface area contributed by atoms with Gasteiger partial charge in [-0.1, -0.05) is 65.8 Å². The van der Waals surface area contributed by atoms with Gasteiger partial charge < -0.3 is 94.7 Å². The van der Waals surface area contributed by atoms with E-state index in [-0.39, 0.29) is 152 Å². The van der Waals surface area contributed by atoms with Crippen molar-refractivity contribution in [3.8, 4) is 0 Å². The zero-order valence-electron chi connectivity index (χ0n) is 65.0. The highest BCUT2D eigenvalue weighted by molar-refractivity contribution is 6.02. The largest absolute Gasteiger partial charge is 0.445 e. The van der Waals surface area contributed by atoms with E-state index in [2.05, 4.69) is 60.5 Å². The molecule has 0 aromatic heterocycles. The summed E-state index contributed by atoms with van der Waals surface area (Å²) in [6, 6.07) is 3.50. The molecule has 8 aliphatic rings. The molecule has 9 N–H and O–H groups in total. The van der Waals surface area contributed by atoms with Crippen LogP contribution in [0.25, 0.3) is 0 Å². The number of benzene rings is 1. The number of nitrogens with one attached hydrogen (secondary N) is 5. The Balaban J connectivity index is 0.684. The zero-order valence-corrected chi connectivity index (χ0v) is 65.0. The maximum Gasteiger partial charge on any atom is 0.407 e. The summed E-state index contributed by atoms with van der Waals surface area (Å²) in [5.41, 5.74) is 5.53. The van der Waals surface area contributed by atoms with Gasteiger partial charge >= 0.3 is 18.1 Å². The first kappa shape index (κ1) is 85.5. The van der Waals surface area contributed by atoms with E-state index in [4.69, 9.17) is 57.9 Å². The Morgan fingerprint density at radius 1 is 0.843 bits per heavy atom. The number of aliphatic hydroxyl groups excluding tert-OH is 2. The third-order valence-corrected chi connectivity index (χ3v) is 22.9. The average molecular weight is 1520 g/mol. The quantitative estimate of drug-likeness (QED) is 0.0177. The fourth-order valence-corrected chi connectivity index (χ4v) is 16.3. The molecule has 0 spiro atoms. The summed E-state index contributed by atoms with van der Waals surface area (Å²) in [6.45, 7) is 25.4. The van der Waals surface area contributed by atoms with Crippen molar-refractivity contribution in [3.05, 3.63) is 54.1 Å². The monoisotopic (exact) mass is 1520 g/mol. The van der Waals surface area contributed by atoms with Crippen LogP contribution in [0.4, 0.5) is 15.3 Å². The van der Waals surface area contributed by atoms with Crippen molar-refractivity contribution in [2.75, 3.05) is 38.7 Å². The minimum absolute atomic E-state index is 0.00523. The van der Waals surface area contributed by atoms with Crippen molar-refractivity contribution < 1.29 is 106 Å². The molecule has 8 heterocycles. The van der Waals surface area contributed by atoms with E-state index < -0.39 is 125 Å². The number of unbranched alkanes of at least 4 members (excludes halogenated alkanes) is 1. The van der Waals surface area contributed by atoms with Gasteiger partial charge in [-0.05, 0) is 152 Å². The Labute approximate surface area is 635 Å². The number of carbonyl (C=O) groups is 9. The van der Waals surface area contributed by atoms with Crippen LogP contribution in [0.1, 0.15) is 216 Å². The zero-order chi connectivity index (χ0) is 78.4. The van der Waals surface area contributed by atoms with Gasteiger partial charge in [0.05, 0.1) is 90.9 Å². The van der Waals surface area contributed by atoms with Crippen LogP contribution in [-0.2, 0) is 92.4 Å². The number of nitrogens with zero attached hydrogens (tertiary/aromatic N) is 1. The van der Waals surface area contributed by atoms with Gasteiger partial charge in [0.25, 0.3) is 11.8 Å². The number of fused-ring (bicyclic) bond motifs is 7. The molecule has 29 nitrogen and oxygen atoms in total. The Hall–Kier alpha value is -6.51. The molecule has 8 fully saturated rings. The number of anilines is 1. The van der Waals surface area contributed by atoms with Crippen molar-refractivity contribution in [3.63, 3.8) is 0 Å². The number of hydrogen-bond acceptors (Lipinski definition) is 22. The number of methoxy groups -OCH3 is 1. The number of amides is 8. The first-order chi connectivity index (χ1) is 51.2. The highest BCUT2D eigenvalue weighted by Gasteiger charge is 2.66. The lowest BCUT2D eigenvalue weighted by atomic mass is 9.78. The van der Waals surface area contributed by atoms with Crippen LogP contribution in [0.15, 0.2) is 48.6 Å². The van der Waals surface area contributed by atoms with Crippen LogP contribution in [-0.4, -0.2) is 211 Å². The number of nitrogens with two attached hydrogens (primary N) is 1. The second-order valence-corrected chi connectivity index (χ2v) is 32.8. The van der Waals surface area contributed by atoms with E-state index in [0.29, 0.717) is 67.2 Å². The van der Waals surface area contributed by atoms with Crippen LogP contribution in [0, 0.1) is 23.2 Å². The van der Waals surface area contributed by atoms with Crippen molar-refractivity contribution in [1.29, 1.82) is 0 Å². The molecule has 9 rings (SSSR count). The molecule has 1 aromatic carbocycles. The van der Waals surface area contributed by atoms with Crippen LogP contribution in [0.2, 0.25) is 0 Å². The molecule has 1 aromatic rings. The van der Waals surface area contributed by atoms with Crippen molar-refractivity contribution in [2.24, 2.45) is 28.9 Å². The lowest BCUT2D eigenvalue weighted by molar-refractivity contribution is -0.280. The van der Waals surface area contributed by atoms with E-state index in [1.165, 1.54) is 0 Å². The number of rotatable bonds is 39. The molecular formula is C79H121N7O22. The highest BCUT2D eigenvalue weighted by Crippen LogP contribution is 2.55. The van der Waals surface area contributed by atoms with E-state index >= 15 is 0 Å². The van der Waals surface area contributed by atoms with Gasteiger partial charge in [-0.3, -0.25) is 28.8 Å². The van der Waals surface area contributed by atoms with Crippen LogP contribution in [0.5, 0.6) is 0 Å². The number of carbonyl (C=O) groups excluding carboxylic acids is 9. The number of Topliss-reactive ketones (excluding diaryl/α,β-unsaturated/α-hetero) is 1. The Bertz CT molecular complexity index is 3290. The third kappa shape index (κ3) is 22.9. The topological polar surface area (TPSA) is 385 Å². The van der Waals surface area contributed by atoms with Gasteiger partial charge in [-0.25, -0.2) is 14.4 Å². The number of ketones is 1. The van der Waals surface area contributed by atoms with E-state index in [9.17, 15) is 53.4 Å². The molecule has 8 saturated heterocycles. The van der Waals surface area contributed by atoms with Crippen molar-refractivity contribution in [2.45, 2.75) is 325 Å². The number of ether oxygens (including phenoxy) is 10. The number of primary amides is 1. The summed E-state index contributed by atoms with van der Waals surface area (Å²) < 4.78 is 64.5. The van der Waals surface area contributed by atoms with Crippen LogP contribution in [0.3, 0.4) is 0 Å². The Morgan fingerprint density at radius 3 is 2.28 bits per heavy atom. The minimum atomic E-state index is -1.12. The second-order valence-electron chi connectivity index (χ2n) is 32.8. The van der Waals surface area contributed by atoms with Crippen LogP contribution >= 0.6 is 0 Å². The van der Waals surface area contributed by atoms with Gasteiger partial charge in [0.2, 0.25) is 17.7 Å². The Kier molecular flexibility index (Phi) is 30.2. The molecule has 8 aliphatic heterocycles. The molecule has 4 bridgehead atoms. The summed E-state index contributed by atoms with van der Waals surface area (Å²) >= 11 is 0. The minimum Gasteiger partial charge on any atom is -0.445 e. The number of alkyl carbamates (subject to hydrolysis) is 1. The summed E-state index contributed by atoms with van der Waals surface area (Å²) in [6.07, 6.45) is 4.67. The molecule has 19 atom stereocenters. The summed E-state index contributed by atoms with van der Waals surface area (Å²) in [5.74, 6) is -4.96. The number of hydrogen-bond donors (Lipinski definition) is 8. The lowest BCUT2D eigenvalue weighted by Gasteiger charge is -2.49. The predicted octanol–water partition coefficient (Wildman–Crippen LogP) is 7.81. The van der Waals surface area contributed by atoms with E-state index in [1.54, 1.807) is 72.9 Å². The normalized spacial score (nSPS) is 30.6. The second kappa shape index (κ2) is 38.1. The first-order valence-electron chi connectivity index (χ1n) is 39.2. The van der Waals surface area contributed by atoms with E-state index in [0.717, 1.165) is 49.7 Å². The SMILES string of the molecule is C=C1CC(CC[C@]23C[C@@H](O)C(CCCC)(O2)C2CC(O3)[C@H]3OC(CC(=O)CC4CO[C@H](CC(O)CNC(=O)OCc5ccc(NC(=O)C(CCCNC(N)=O)NC(=O)[C@@H](NC(=O)CCC(C)(C)OCCC(C)(C)C(=O)ON6C(=O)CCC6=O)C(C)C)cc5)[C@@H]4OC)CCC3O2)O[C@H]1CCC1C[C@@H](C)C(=C)[C@@H](C)O1. The van der Waals surface area contributed by atoms with E-state index in [1.807, 2.05) is 0 Å². The smallest absolute Gasteiger partial charge is 0.407 e. The van der Waals surface area contributed by atoms with Crippen molar-refractivity contribution >= 4 is 59.1 Å². The maximum atomic E-state index is 14.0. The predicted molar refractivity (Wildman–Crippen MR) is 393 cm³/mol. The summed E-state index contributed by atoms with van der Waals surface area (Å²) in [5, 5.41) is 37.0. The molecule has 0 radical (unpaired) electrons. The fourth-order valence-electron chi connectivity index (χ4n) is 16.3. The number of hydroxylamine groups is 2. The van der Waals surface area contributed by atoms with Gasteiger partial charge in [0, 0.05) is 96.2 Å². The number of urea groups is 1. The standard InChI is InChI=1S/C79H121N7O22/c1-13-14-29-79-63(89)41-78(108-79,31-27-57-36-47(5)59(103-57)23-21-55-35-46(4)48(6)49(7)102-55)106-62-40-64(79)105-60-24-22-56(104-70(60)62)38-53(87)37-51-44-99-61(69(51)98-12)39-54(88)42-82-75(97)100-43-50-17-19-52(20-18-50)83-71(93)58(16-15-33-81-74(80)96)84-72(94)68(45(2)3)85-65(90)28-30-77(10,11)101-34-32-76(8,9)73(95)107-86-66(91)25-26-67(86)92/h17-20,45-46,49,51,54-64,68-70,88-89H,5-6,13-16,21-44H2,1-4,7-12H3,(H,82,97)(H,83,93)(H,84,94)(H,85,90)(H3,80,81,96)/t46-,49-,51?,54?,55?,56?,57?,58?,59+,60?,61-,62?,63-,64?,68+,69-,70+,78-,79?/m1/s1. The van der Waals surface area contributed by atoms with Gasteiger partial charge in [0.1, 0.15) is 36.2 Å². The number of aliphatic hydroxyl groups is 2. The molecular weight excluding hydrogens is 1400 g/mol. The van der Waals surface area contributed by atoms with Gasteiger partial charge in [-0.2, -0.15) is 0 Å². The lowest BCUT2D eigenvalue weighted by Crippen LogP contribution is -2.61. The third-order valence-electron chi connectivity index (χ3n) is 22.9.